The standard InChI is InChI=1S/C21H17ClN2O4S2/c1-27-17-7-5-16(6-8-17)24-30(25,26)18-9-10-20-19(12-18)23-21(28-20)29-13-14-3-2-4-15(22)11-14/h2-12,24H,13H2,1H3. The Kier molecular flexibility index (Phi) is 5.90. The Bertz CT molecular complexity index is 1290. The Morgan fingerprint density at radius 1 is 1.10 bits per heavy atom. The van der Waals surface area contributed by atoms with Gasteiger partial charge in [0.15, 0.2) is 5.58 Å². The number of nitrogens with zero attached hydrogens (tertiary/aromatic N) is 1. The van der Waals surface area contributed by atoms with Crippen LogP contribution in [0.1, 0.15) is 5.56 Å². The van der Waals surface area contributed by atoms with E-state index in [1.165, 1.54) is 23.9 Å². The molecular formula is C21H17ClN2O4S2. The first-order valence-corrected chi connectivity index (χ1v) is 11.7. The van der Waals surface area contributed by atoms with Gasteiger partial charge in [-0.3, -0.25) is 4.72 Å². The van der Waals surface area contributed by atoms with E-state index in [0.717, 1.165) is 5.56 Å². The molecule has 154 valence electrons. The number of oxazole rings is 1. The fourth-order valence-corrected chi connectivity index (χ4v) is 4.83. The minimum Gasteiger partial charge on any atom is -0.497 e. The maximum Gasteiger partial charge on any atom is 0.261 e. The highest BCUT2D eigenvalue weighted by atomic mass is 35.5. The number of anilines is 1. The minimum atomic E-state index is -3.77. The molecule has 0 saturated carbocycles. The summed E-state index contributed by atoms with van der Waals surface area (Å²) in [7, 11) is -2.22. The predicted molar refractivity (Wildman–Crippen MR) is 119 cm³/mol. The number of methoxy groups -OCH3 is 1. The Morgan fingerprint density at radius 3 is 2.63 bits per heavy atom. The van der Waals surface area contributed by atoms with Crippen molar-refractivity contribution in [3.05, 3.63) is 77.3 Å². The molecular weight excluding hydrogens is 444 g/mol. The van der Waals surface area contributed by atoms with Crippen LogP contribution in [0.3, 0.4) is 0 Å². The Morgan fingerprint density at radius 2 is 1.90 bits per heavy atom. The monoisotopic (exact) mass is 460 g/mol. The zero-order valence-corrected chi connectivity index (χ0v) is 18.2. The van der Waals surface area contributed by atoms with Gasteiger partial charge in [0.05, 0.1) is 12.0 Å². The molecule has 0 atom stereocenters. The number of aromatic nitrogens is 1. The van der Waals surface area contributed by atoms with Gasteiger partial charge in [-0.15, -0.1) is 0 Å². The van der Waals surface area contributed by atoms with Crippen LogP contribution in [0.25, 0.3) is 11.1 Å². The number of fused-ring (bicyclic) bond motifs is 1. The van der Waals surface area contributed by atoms with Gasteiger partial charge in [-0.2, -0.15) is 0 Å². The Hall–Kier alpha value is -2.68. The average molecular weight is 461 g/mol. The summed E-state index contributed by atoms with van der Waals surface area (Å²) in [6, 6.07) is 18.8. The van der Waals surface area contributed by atoms with E-state index in [4.69, 9.17) is 20.8 Å². The zero-order chi connectivity index (χ0) is 21.1. The van der Waals surface area contributed by atoms with Crippen molar-refractivity contribution < 1.29 is 17.6 Å². The van der Waals surface area contributed by atoms with Gasteiger partial charge in [0.2, 0.25) is 0 Å². The first-order valence-electron chi connectivity index (χ1n) is 8.88. The summed E-state index contributed by atoms with van der Waals surface area (Å²) in [5.41, 5.74) is 2.48. The summed E-state index contributed by atoms with van der Waals surface area (Å²) in [6.45, 7) is 0. The number of benzene rings is 3. The van der Waals surface area contributed by atoms with Crippen LogP contribution in [0.4, 0.5) is 5.69 Å². The highest BCUT2D eigenvalue weighted by molar-refractivity contribution is 7.98. The lowest BCUT2D eigenvalue weighted by atomic mass is 10.2. The third-order valence-corrected chi connectivity index (χ3v) is 6.76. The smallest absolute Gasteiger partial charge is 0.261 e. The minimum absolute atomic E-state index is 0.102. The van der Waals surface area contributed by atoms with Crippen molar-refractivity contribution in [2.75, 3.05) is 11.8 Å². The SMILES string of the molecule is COc1ccc(NS(=O)(=O)c2ccc3oc(SCc4cccc(Cl)c4)nc3c2)cc1. The maximum atomic E-state index is 12.7. The van der Waals surface area contributed by atoms with Crippen LogP contribution in [0.2, 0.25) is 5.02 Å². The van der Waals surface area contributed by atoms with Crippen molar-refractivity contribution in [2.45, 2.75) is 15.9 Å². The van der Waals surface area contributed by atoms with Gasteiger partial charge in [-0.1, -0.05) is 35.5 Å². The van der Waals surface area contributed by atoms with Gasteiger partial charge < -0.3 is 9.15 Å². The lowest BCUT2D eigenvalue weighted by Crippen LogP contribution is -2.12. The van der Waals surface area contributed by atoms with Crippen LogP contribution in [0.15, 0.2) is 81.3 Å². The molecule has 0 unspecified atom stereocenters. The van der Waals surface area contributed by atoms with E-state index in [2.05, 4.69) is 9.71 Å². The van der Waals surface area contributed by atoms with Gasteiger partial charge >= 0.3 is 0 Å². The quantitative estimate of drug-likeness (QED) is 0.362. The fourth-order valence-electron chi connectivity index (χ4n) is 2.76. The van der Waals surface area contributed by atoms with Gasteiger partial charge in [-0.25, -0.2) is 13.4 Å². The molecule has 4 aromatic rings. The lowest BCUT2D eigenvalue weighted by molar-refractivity contribution is 0.415. The summed E-state index contributed by atoms with van der Waals surface area (Å²) >= 11 is 7.42. The number of thioether (sulfide) groups is 1. The third-order valence-electron chi connectivity index (χ3n) is 4.24. The highest BCUT2D eigenvalue weighted by Crippen LogP contribution is 2.29. The number of hydrogen-bond acceptors (Lipinski definition) is 6. The first kappa shape index (κ1) is 20.6. The molecule has 0 aliphatic carbocycles. The molecule has 0 aliphatic rings. The summed E-state index contributed by atoms with van der Waals surface area (Å²) in [5.74, 6) is 1.28. The number of halogens is 1. The largest absolute Gasteiger partial charge is 0.497 e. The topological polar surface area (TPSA) is 81.4 Å². The van der Waals surface area contributed by atoms with Crippen LogP contribution in [-0.4, -0.2) is 20.5 Å². The van der Waals surface area contributed by atoms with Crippen LogP contribution in [-0.2, 0) is 15.8 Å². The molecule has 0 spiro atoms. The molecule has 1 N–H and O–H groups in total. The average Bonchev–Trinajstić information content (AvgIpc) is 3.15. The number of nitrogens with one attached hydrogen (secondary N) is 1. The van der Waals surface area contributed by atoms with Crippen LogP contribution >= 0.6 is 23.4 Å². The van der Waals surface area contributed by atoms with Crippen molar-refractivity contribution in [3.8, 4) is 5.75 Å². The van der Waals surface area contributed by atoms with E-state index in [9.17, 15) is 8.42 Å². The Labute approximate surface area is 183 Å². The number of hydrogen-bond donors (Lipinski definition) is 1. The summed E-state index contributed by atoms with van der Waals surface area (Å²) in [6.07, 6.45) is 0. The molecule has 0 saturated heterocycles. The molecule has 0 radical (unpaired) electrons. The Balaban J connectivity index is 1.52. The fraction of sp³-hybridized carbons (Fsp3) is 0.0952. The van der Waals surface area contributed by atoms with Crippen LogP contribution in [0, 0.1) is 0 Å². The van der Waals surface area contributed by atoms with Crippen molar-refractivity contribution in [1.82, 2.24) is 4.98 Å². The van der Waals surface area contributed by atoms with Gasteiger partial charge in [0, 0.05) is 16.5 Å². The molecule has 1 heterocycles. The first-order chi connectivity index (χ1) is 14.4. The molecule has 9 heteroatoms. The van der Waals surface area contributed by atoms with Crippen molar-refractivity contribution >= 4 is 50.2 Å². The summed E-state index contributed by atoms with van der Waals surface area (Å²) in [4.78, 5) is 4.51. The normalized spacial score (nSPS) is 11.5. The highest BCUT2D eigenvalue weighted by Gasteiger charge is 2.17. The molecule has 1 aromatic heterocycles. The van der Waals surface area contributed by atoms with Gasteiger partial charge in [0.1, 0.15) is 11.3 Å². The van der Waals surface area contributed by atoms with Crippen molar-refractivity contribution in [3.63, 3.8) is 0 Å². The van der Waals surface area contributed by atoms with E-state index in [1.807, 2.05) is 24.3 Å². The van der Waals surface area contributed by atoms with E-state index >= 15 is 0 Å². The van der Waals surface area contributed by atoms with E-state index < -0.39 is 10.0 Å². The van der Waals surface area contributed by atoms with E-state index in [-0.39, 0.29) is 4.90 Å². The van der Waals surface area contributed by atoms with E-state index in [1.54, 1.807) is 37.4 Å². The summed E-state index contributed by atoms with van der Waals surface area (Å²) < 4.78 is 38.8. The second kappa shape index (κ2) is 8.59. The van der Waals surface area contributed by atoms with Gasteiger partial charge in [-0.05, 0) is 60.2 Å². The second-order valence-electron chi connectivity index (χ2n) is 6.36. The molecule has 4 rings (SSSR count). The van der Waals surface area contributed by atoms with Crippen LogP contribution < -0.4 is 9.46 Å². The summed E-state index contributed by atoms with van der Waals surface area (Å²) in [5, 5.41) is 1.13. The second-order valence-corrected chi connectivity index (χ2v) is 9.41. The van der Waals surface area contributed by atoms with Crippen molar-refractivity contribution in [1.29, 1.82) is 0 Å². The molecule has 6 nitrogen and oxygen atoms in total. The van der Waals surface area contributed by atoms with Gasteiger partial charge in [0.25, 0.3) is 15.2 Å². The van der Waals surface area contributed by atoms with Crippen LogP contribution in [0.5, 0.6) is 5.75 Å². The zero-order valence-electron chi connectivity index (χ0n) is 15.8. The number of ether oxygens (including phenoxy) is 1. The molecule has 3 aromatic carbocycles. The molecule has 0 fully saturated rings. The number of sulfonamides is 1. The maximum absolute atomic E-state index is 12.7. The number of rotatable bonds is 7. The third kappa shape index (κ3) is 4.72. The molecule has 0 bridgehead atoms. The van der Waals surface area contributed by atoms with E-state index in [0.29, 0.717) is 38.5 Å². The molecule has 30 heavy (non-hydrogen) atoms. The predicted octanol–water partition coefficient (Wildman–Crippen LogP) is 5.58. The molecule has 0 aliphatic heterocycles. The lowest BCUT2D eigenvalue weighted by Gasteiger charge is -2.08. The molecule has 0 amide bonds. The van der Waals surface area contributed by atoms with Crippen molar-refractivity contribution in [2.24, 2.45) is 0 Å².